The van der Waals surface area contributed by atoms with Crippen LogP contribution in [0.5, 0.6) is 0 Å². The van der Waals surface area contributed by atoms with Gasteiger partial charge in [0.1, 0.15) is 0 Å². The summed E-state index contributed by atoms with van der Waals surface area (Å²) in [4.78, 5) is 26.3. The van der Waals surface area contributed by atoms with Crippen LogP contribution in [0.25, 0.3) is 0 Å². The van der Waals surface area contributed by atoms with Gasteiger partial charge in [-0.05, 0) is 44.2 Å². The van der Waals surface area contributed by atoms with Crippen molar-refractivity contribution in [3.8, 4) is 0 Å². The highest BCUT2D eigenvalue weighted by Crippen LogP contribution is 2.23. The van der Waals surface area contributed by atoms with Gasteiger partial charge in [0.2, 0.25) is 0 Å². The Morgan fingerprint density at radius 2 is 1.85 bits per heavy atom. The highest BCUT2D eigenvalue weighted by Gasteiger charge is 2.20. The molecule has 2 rings (SSSR count). The van der Waals surface area contributed by atoms with Gasteiger partial charge in [-0.3, -0.25) is 9.59 Å². The van der Waals surface area contributed by atoms with Crippen LogP contribution in [-0.4, -0.2) is 31.6 Å². The summed E-state index contributed by atoms with van der Waals surface area (Å²) in [5, 5.41) is 3.15. The fourth-order valence-corrected chi connectivity index (χ4v) is 2.60. The largest absolute Gasteiger partial charge is 0.466 e. The number of hydrogen-bond donors (Lipinski definition) is 2. The van der Waals surface area contributed by atoms with Crippen LogP contribution < -0.4 is 16.0 Å². The number of nitrogens with one attached hydrogen (secondary N) is 1. The summed E-state index contributed by atoms with van der Waals surface area (Å²) in [6.07, 6.45) is 0.124. The molecule has 0 aromatic heterocycles. The molecule has 0 spiro atoms. The monoisotopic (exact) mass is 355 g/mol. The lowest BCUT2D eigenvalue weighted by molar-refractivity contribution is -0.142. The third-order valence-corrected chi connectivity index (χ3v) is 3.82. The van der Waals surface area contributed by atoms with Crippen molar-refractivity contribution in [2.24, 2.45) is 0 Å². The number of ether oxygens (including phenoxy) is 1. The van der Waals surface area contributed by atoms with Gasteiger partial charge in [0.15, 0.2) is 0 Å². The first-order valence-corrected chi connectivity index (χ1v) is 8.72. The third-order valence-electron chi connectivity index (χ3n) is 3.82. The van der Waals surface area contributed by atoms with E-state index >= 15 is 0 Å². The van der Waals surface area contributed by atoms with E-state index in [4.69, 9.17) is 10.5 Å². The minimum absolute atomic E-state index is 0.124. The Morgan fingerprint density at radius 3 is 2.46 bits per heavy atom. The molecule has 0 radical (unpaired) electrons. The molecule has 26 heavy (non-hydrogen) atoms. The van der Waals surface area contributed by atoms with Crippen molar-refractivity contribution < 1.29 is 14.3 Å². The maximum absolute atomic E-state index is 13.0. The number of carbonyl (C=O) groups is 2. The summed E-state index contributed by atoms with van der Waals surface area (Å²) in [5.41, 5.74) is 8.53. The second-order valence-electron chi connectivity index (χ2n) is 5.68. The van der Waals surface area contributed by atoms with Gasteiger partial charge >= 0.3 is 5.97 Å². The minimum atomic E-state index is -0.330. The van der Waals surface area contributed by atoms with Crippen molar-refractivity contribution >= 4 is 28.9 Å². The Labute approximate surface area is 153 Å². The lowest BCUT2D eigenvalue weighted by atomic mass is 10.1. The van der Waals surface area contributed by atoms with Gasteiger partial charge in [-0.15, -0.1) is 0 Å². The Kier molecular flexibility index (Phi) is 7.02. The maximum Gasteiger partial charge on any atom is 0.307 e. The van der Waals surface area contributed by atoms with Gasteiger partial charge in [0.05, 0.1) is 24.4 Å². The summed E-state index contributed by atoms with van der Waals surface area (Å²) >= 11 is 0. The molecule has 6 heteroatoms. The molecule has 0 aliphatic heterocycles. The summed E-state index contributed by atoms with van der Waals surface area (Å²) in [6, 6.07) is 14.4. The van der Waals surface area contributed by atoms with E-state index in [0.29, 0.717) is 17.9 Å². The molecule has 2 aromatic carbocycles. The third kappa shape index (κ3) is 4.99. The van der Waals surface area contributed by atoms with E-state index in [1.807, 2.05) is 37.3 Å². The second kappa shape index (κ2) is 9.46. The summed E-state index contributed by atoms with van der Waals surface area (Å²) in [6.45, 7) is 5.03. The van der Waals surface area contributed by atoms with Crippen molar-refractivity contribution in [1.29, 1.82) is 0 Å². The topological polar surface area (TPSA) is 84.7 Å². The highest BCUT2D eigenvalue weighted by atomic mass is 16.5. The van der Waals surface area contributed by atoms with Crippen LogP contribution in [0.15, 0.2) is 48.5 Å². The van der Waals surface area contributed by atoms with Crippen LogP contribution >= 0.6 is 0 Å². The van der Waals surface area contributed by atoms with Crippen LogP contribution in [0.1, 0.15) is 30.6 Å². The van der Waals surface area contributed by atoms with E-state index < -0.39 is 0 Å². The van der Waals surface area contributed by atoms with Crippen LogP contribution in [0.3, 0.4) is 0 Å². The SMILES string of the molecule is CCNc1ccc(C(=O)N(CCC(=O)OCC)c2ccccc2)cc1N. The molecule has 6 nitrogen and oxygen atoms in total. The number of hydrogen-bond acceptors (Lipinski definition) is 5. The number of carbonyl (C=O) groups excluding carboxylic acids is 2. The van der Waals surface area contributed by atoms with Crippen molar-refractivity contribution in [1.82, 2.24) is 0 Å². The molecule has 0 fully saturated rings. The zero-order valence-corrected chi connectivity index (χ0v) is 15.2. The van der Waals surface area contributed by atoms with Crippen LogP contribution in [0.2, 0.25) is 0 Å². The fourth-order valence-electron chi connectivity index (χ4n) is 2.60. The Bertz CT molecular complexity index is 747. The average Bonchev–Trinajstić information content (AvgIpc) is 2.64. The summed E-state index contributed by atoms with van der Waals surface area (Å²) < 4.78 is 4.97. The van der Waals surface area contributed by atoms with Crippen molar-refractivity contribution in [3.63, 3.8) is 0 Å². The van der Waals surface area contributed by atoms with Gasteiger partial charge in [-0.25, -0.2) is 0 Å². The van der Waals surface area contributed by atoms with Crippen LogP contribution in [0, 0.1) is 0 Å². The molecule has 0 heterocycles. The highest BCUT2D eigenvalue weighted by molar-refractivity contribution is 6.07. The molecule has 3 N–H and O–H groups in total. The van der Waals surface area contributed by atoms with Crippen molar-refractivity contribution in [3.05, 3.63) is 54.1 Å². The Balaban J connectivity index is 2.25. The second-order valence-corrected chi connectivity index (χ2v) is 5.68. The van der Waals surface area contributed by atoms with Gasteiger partial charge in [-0.2, -0.15) is 0 Å². The number of nitrogens with two attached hydrogens (primary N) is 1. The lowest BCUT2D eigenvalue weighted by Crippen LogP contribution is -2.33. The summed E-state index contributed by atoms with van der Waals surface area (Å²) in [5.74, 6) is -0.543. The predicted octanol–water partition coefficient (Wildman–Crippen LogP) is 3.30. The maximum atomic E-state index is 13.0. The smallest absolute Gasteiger partial charge is 0.307 e. The number of rotatable bonds is 8. The summed E-state index contributed by atoms with van der Waals surface area (Å²) in [7, 11) is 0. The number of nitrogen functional groups attached to an aromatic ring is 1. The van der Waals surface area contributed by atoms with E-state index in [1.165, 1.54) is 0 Å². The number of nitrogens with zero attached hydrogens (tertiary/aromatic N) is 1. The van der Waals surface area contributed by atoms with E-state index in [2.05, 4.69) is 5.32 Å². The molecular formula is C20H25N3O3. The Hall–Kier alpha value is -3.02. The van der Waals surface area contributed by atoms with Crippen molar-refractivity contribution in [2.75, 3.05) is 35.6 Å². The molecular weight excluding hydrogens is 330 g/mol. The zero-order chi connectivity index (χ0) is 18.9. The molecule has 0 saturated heterocycles. The first-order chi connectivity index (χ1) is 12.6. The first kappa shape index (κ1) is 19.3. The van der Waals surface area contributed by atoms with E-state index in [0.717, 1.165) is 17.9 Å². The number of esters is 1. The molecule has 0 atom stereocenters. The van der Waals surface area contributed by atoms with Gasteiger partial charge in [0, 0.05) is 24.3 Å². The molecule has 1 amide bonds. The number of benzene rings is 2. The Morgan fingerprint density at radius 1 is 1.12 bits per heavy atom. The molecule has 0 unspecified atom stereocenters. The van der Waals surface area contributed by atoms with Crippen molar-refractivity contribution in [2.45, 2.75) is 20.3 Å². The van der Waals surface area contributed by atoms with Gasteiger partial charge in [0.25, 0.3) is 5.91 Å². The molecule has 0 aliphatic carbocycles. The molecule has 0 bridgehead atoms. The standard InChI is InChI=1S/C20H25N3O3/c1-3-22-18-11-10-15(14-17(18)21)20(25)23(13-12-19(24)26-4-2)16-8-6-5-7-9-16/h5-11,14,22H,3-4,12-13,21H2,1-2H3. The minimum Gasteiger partial charge on any atom is -0.466 e. The lowest BCUT2D eigenvalue weighted by Gasteiger charge is -2.23. The quantitative estimate of drug-likeness (QED) is 0.561. The predicted molar refractivity (Wildman–Crippen MR) is 104 cm³/mol. The normalized spacial score (nSPS) is 10.2. The van der Waals surface area contributed by atoms with Gasteiger partial charge in [-0.1, -0.05) is 18.2 Å². The van der Waals surface area contributed by atoms with Gasteiger partial charge < -0.3 is 20.7 Å². The molecule has 0 saturated carbocycles. The van der Waals surface area contributed by atoms with Crippen LogP contribution in [0.4, 0.5) is 17.1 Å². The number of para-hydroxylation sites is 1. The number of amides is 1. The van der Waals surface area contributed by atoms with E-state index in [-0.39, 0.29) is 24.8 Å². The average molecular weight is 355 g/mol. The molecule has 138 valence electrons. The number of anilines is 3. The van der Waals surface area contributed by atoms with E-state index in [1.54, 1.807) is 30.0 Å². The fraction of sp³-hybridized carbons (Fsp3) is 0.300. The molecule has 0 aliphatic rings. The molecule has 2 aromatic rings. The van der Waals surface area contributed by atoms with Crippen LogP contribution in [-0.2, 0) is 9.53 Å². The van der Waals surface area contributed by atoms with E-state index in [9.17, 15) is 9.59 Å². The first-order valence-electron chi connectivity index (χ1n) is 8.72. The zero-order valence-electron chi connectivity index (χ0n) is 15.2.